The highest BCUT2D eigenvalue weighted by molar-refractivity contribution is 6.28. The Kier molecular flexibility index (Phi) is 4.64. The van der Waals surface area contributed by atoms with E-state index in [9.17, 15) is 18.3 Å². The van der Waals surface area contributed by atoms with Gasteiger partial charge in [0.15, 0.2) is 0 Å². The molecule has 0 radical (unpaired) electrons. The number of aromatic nitrogens is 2. The number of benzene rings is 1. The molecule has 2 N–H and O–H groups in total. The van der Waals surface area contributed by atoms with E-state index < -0.39 is 30.2 Å². The van der Waals surface area contributed by atoms with Crippen LogP contribution in [0.4, 0.5) is 19.0 Å². The highest BCUT2D eigenvalue weighted by atomic mass is 35.5. The molecule has 1 aromatic heterocycles. The van der Waals surface area contributed by atoms with Gasteiger partial charge in [0.25, 0.3) is 0 Å². The van der Waals surface area contributed by atoms with Crippen molar-refractivity contribution in [1.82, 2.24) is 9.97 Å². The third kappa shape index (κ3) is 3.83. The molecular weight excluding hydrogens is 307 g/mol. The number of anilines is 1. The molecule has 1 aromatic carbocycles. The number of alkyl halides is 3. The van der Waals surface area contributed by atoms with Crippen molar-refractivity contribution in [1.29, 1.82) is 0 Å². The molecular formula is C13H11ClF3N3O. The van der Waals surface area contributed by atoms with Gasteiger partial charge in [-0.25, -0.2) is 9.97 Å². The number of nitrogens with zero attached hydrogens (tertiary/aromatic N) is 2. The van der Waals surface area contributed by atoms with E-state index in [4.69, 9.17) is 11.6 Å². The fraction of sp³-hybridized carbons (Fsp3) is 0.231. The molecule has 0 aliphatic heterocycles. The number of hydrogen-bond acceptors (Lipinski definition) is 4. The van der Waals surface area contributed by atoms with Crippen molar-refractivity contribution >= 4 is 17.4 Å². The fourth-order valence-electron chi connectivity index (χ4n) is 1.76. The van der Waals surface area contributed by atoms with E-state index >= 15 is 0 Å². The number of halogens is 4. The van der Waals surface area contributed by atoms with Crippen LogP contribution in [0, 0.1) is 0 Å². The third-order valence-corrected chi connectivity index (χ3v) is 2.94. The second-order valence-corrected chi connectivity index (χ2v) is 4.53. The van der Waals surface area contributed by atoms with Crippen molar-refractivity contribution in [3.63, 3.8) is 0 Å². The fourth-order valence-corrected chi connectivity index (χ4v) is 1.90. The average Bonchev–Trinajstić information content (AvgIpc) is 2.44. The van der Waals surface area contributed by atoms with E-state index in [1.807, 2.05) is 0 Å². The van der Waals surface area contributed by atoms with Crippen LogP contribution in [0.25, 0.3) is 0 Å². The number of rotatable bonds is 4. The van der Waals surface area contributed by atoms with Gasteiger partial charge < -0.3 is 10.4 Å². The first-order valence-electron chi connectivity index (χ1n) is 5.94. The first kappa shape index (κ1) is 15.5. The minimum absolute atomic E-state index is 0.310. The molecule has 0 spiro atoms. The van der Waals surface area contributed by atoms with Crippen LogP contribution in [0.15, 0.2) is 36.5 Å². The van der Waals surface area contributed by atoms with Crippen LogP contribution in [0.1, 0.15) is 17.2 Å². The van der Waals surface area contributed by atoms with Crippen LogP contribution in [0.3, 0.4) is 0 Å². The van der Waals surface area contributed by atoms with Crippen LogP contribution in [-0.4, -0.2) is 21.7 Å². The van der Waals surface area contributed by atoms with E-state index in [1.165, 1.54) is 0 Å². The van der Waals surface area contributed by atoms with Gasteiger partial charge in [0.05, 0.1) is 12.6 Å². The Labute approximate surface area is 123 Å². The summed E-state index contributed by atoms with van der Waals surface area (Å²) in [6, 6.07) is 7.83. The van der Waals surface area contributed by atoms with Crippen LogP contribution < -0.4 is 5.32 Å². The Morgan fingerprint density at radius 2 is 1.90 bits per heavy atom. The zero-order valence-corrected chi connectivity index (χ0v) is 11.4. The average molecular weight is 318 g/mol. The number of aliphatic hydroxyl groups is 1. The molecule has 0 unspecified atom stereocenters. The Balaban J connectivity index is 2.35. The van der Waals surface area contributed by atoms with Crippen LogP contribution in [0.5, 0.6) is 0 Å². The summed E-state index contributed by atoms with van der Waals surface area (Å²) in [7, 11) is 0. The lowest BCUT2D eigenvalue weighted by Crippen LogP contribution is -2.19. The van der Waals surface area contributed by atoms with Gasteiger partial charge >= 0.3 is 6.18 Å². The highest BCUT2D eigenvalue weighted by Gasteiger charge is 2.35. The topological polar surface area (TPSA) is 58.0 Å². The van der Waals surface area contributed by atoms with Crippen molar-refractivity contribution < 1.29 is 18.3 Å². The normalized spacial score (nSPS) is 13.0. The van der Waals surface area contributed by atoms with Gasteiger partial charge in [-0.05, 0) is 17.2 Å². The van der Waals surface area contributed by atoms with Gasteiger partial charge in [-0.15, -0.1) is 0 Å². The Bertz CT molecular complexity index is 607. The Hall–Kier alpha value is -1.86. The van der Waals surface area contributed by atoms with E-state index in [1.54, 1.807) is 30.3 Å². The van der Waals surface area contributed by atoms with Crippen LogP contribution in [0.2, 0.25) is 5.28 Å². The molecule has 4 nitrogen and oxygen atoms in total. The smallest absolute Gasteiger partial charge is 0.394 e. The van der Waals surface area contributed by atoms with E-state index in [0.29, 0.717) is 11.8 Å². The van der Waals surface area contributed by atoms with E-state index in [2.05, 4.69) is 15.3 Å². The van der Waals surface area contributed by atoms with Crippen molar-refractivity contribution in [3.8, 4) is 0 Å². The second kappa shape index (κ2) is 6.28. The molecule has 0 aliphatic carbocycles. The maximum Gasteiger partial charge on any atom is 0.421 e. The van der Waals surface area contributed by atoms with E-state index in [0.717, 1.165) is 0 Å². The van der Waals surface area contributed by atoms with Gasteiger partial charge in [-0.1, -0.05) is 30.3 Å². The molecule has 112 valence electrons. The molecule has 2 rings (SSSR count). The first-order valence-corrected chi connectivity index (χ1v) is 6.31. The quantitative estimate of drug-likeness (QED) is 0.850. The predicted octanol–water partition coefficient (Wildman–Crippen LogP) is 3.29. The van der Waals surface area contributed by atoms with Crippen molar-refractivity contribution in [2.24, 2.45) is 0 Å². The number of hydrogen-bond donors (Lipinski definition) is 2. The van der Waals surface area contributed by atoms with Gasteiger partial charge in [0, 0.05) is 6.20 Å². The summed E-state index contributed by atoms with van der Waals surface area (Å²) in [5.74, 6) is -0.467. The van der Waals surface area contributed by atoms with Gasteiger partial charge in [0.1, 0.15) is 11.4 Å². The predicted molar refractivity (Wildman–Crippen MR) is 71.9 cm³/mol. The maximum atomic E-state index is 12.9. The SMILES string of the molecule is OC[C@@H](Nc1nc(Cl)ncc1C(F)(F)F)c1ccccc1. The summed E-state index contributed by atoms with van der Waals surface area (Å²) in [6.07, 6.45) is -4.01. The molecule has 1 atom stereocenters. The van der Waals surface area contributed by atoms with Crippen molar-refractivity contribution in [2.75, 3.05) is 11.9 Å². The first-order chi connectivity index (χ1) is 9.91. The molecule has 0 saturated carbocycles. The van der Waals surface area contributed by atoms with Gasteiger partial charge in [0.2, 0.25) is 5.28 Å². The zero-order valence-electron chi connectivity index (χ0n) is 10.6. The zero-order chi connectivity index (χ0) is 15.5. The summed E-state index contributed by atoms with van der Waals surface area (Å²) in [4.78, 5) is 6.91. The Morgan fingerprint density at radius 3 is 2.48 bits per heavy atom. The lowest BCUT2D eigenvalue weighted by atomic mass is 10.1. The molecule has 21 heavy (non-hydrogen) atoms. The largest absolute Gasteiger partial charge is 0.421 e. The van der Waals surface area contributed by atoms with Crippen LogP contribution in [-0.2, 0) is 6.18 Å². The van der Waals surface area contributed by atoms with Gasteiger partial charge in [-0.2, -0.15) is 13.2 Å². The lowest BCUT2D eigenvalue weighted by Gasteiger charge is -2.20. The molecule has 8 heteroatoms. The summed E-state index contributed by atoms with van der Waals surface area (Å²) >= 11 is 5.55. The maximum absolute atomic E-state index is 12.9. The highest BCUT2D eigenvalue weighted by Crippen LogP contribution is 2.35. The minimum Gasteiger partial charge on any atom is -0.394 e. The van der Waals surface area contributed by atoms with Crippen molar-refractivity contribution in [3.05, 3.63) is 52.9 Å². The summed E-state index contributed by atoms with van der Waals surface area (Å²) < 4.78 is 38.7. The lowest BCUT2D eigenvalue weighted by molar-refractivity contribution is -0.137. The monoisotopic (exact) mass is 317 g/mol. The Morgan fingerprint density at radius 1 is 1.24 bits per heavy atom. The number of nitrogens with one attached hydrogen (secondary N) is 1. The minimum atomic E-state index is -4.62. The molecule has 0 saturated heterocycles. The van der Waals surface area contributed by atoms with E-state index in [-0.39, 0.29) is 5.28 Å². The second-order valence-electron chi connectivity index (χ2n) is 4.19. The molecule has 2 aromatic rings. The third-order valence-electron chi connectivity index (χ3n) is 2.76. The van der Waals surface area contributed by atoms with Crippen molar-refractivity contribution in [2.45, 2.75) is 12.2 Å². The number of aliphatic hydroxyl groups excluding tert-OH is 1. The van der Waals surface area contributed by atoms with Gasteiger partial charge in [-0.3, -0.25) is 0 Å². The summed E-state index contributed by atoms with van der Waals surface area (Å²) in [5.41, 5.74) is -0.413. The van der Waals surface area contributed by atoms with Crippen LogP contribution >= 0.6 is 11.6 Å². The molecule has 0 bridgehead atoms. The molecule has 0 fully saturated rings. The molecule has 1 heterocycles. The molecule has 0 aliphatic rings. The standard InChI is InChI=1S/C13H11ClF3N3O/c14-12-18-6-9(13(15,16)17)11(20-12)19-10(7-21)8-4-2-1-3-5-8/h1-6,10,21H,7H2,(H,18,19,20)/t10-/m1/s1. The summed E-state index contributed by atoms with van der Waals surface area (Å²) in [5, 5.41) is 11.6. The molecule has 0 amide bonds. The summed E-state index contributed by atoms with van der Waals surface area (Å²) in [6.45, 7) is -0.400.